The topological polar surface area (TPSA) is 145 Å². The van der Waals surface area contributed by atoms with Crippen LogP contribution in [0.3, 0.4) is 0 Å². The van der Waals surface area contributed by atoms with Crippen molar-refractivity contribution < 1.29 is 106 Å². The minimum Gasteiger partial charge on any atom is -0.780 e. The first-order chi connectivity index (χ1) is 15.3. The molecule has 0 unspecified atom stereocenters. The zero-order chi connectivity index (χ0) is 23.5. The van der Waals surface area contributed by atoms with E-state index in [1.165, 1.54) is 47.9 Å². The summed E-state index contributed by atoms with van der Waals surface area (Å²) in [6.45, 7) is 0. The molecule has 0 aliphatic heterocycles. The van der Waals surface area contributed by atoms with E-state index in [4.69, 9.17) is 28.2 Å². The molecule has 0 radical (unpaired) electrons. The molecule has 3 aromatic rings. The molecule has 0 saturated heterocycles. The summed E-state index contributed by atoms with van der Waals surface area (Å²) >= 11 is 0. The normalized spacial score (nSPS) is 10.4. The predicted molar refractivity (Wildman–Crippen MR) is 108 cm³/mol. The van der Waals surface area contributed by atoms with E-state index < -0.39 is 7.82 Å². The number of phosphoric acid groups is 1. The minimum atomic E-state index is -5.38. The Kier molecular flexibility index (Phi) is 11.8. The number of benzene rings is 2. The Morgan fingerprint density at radius 1 is 0.735 bits per heavy atom. The van der Waals surface area contributed by atoms with Gasteiger partial charge in [0, 0.05) is 11.1 Å². The molecule has 0 aliphatic rings. The molecule has 14 heteroatoms. The molecule has 0 N–H and O–H groups in total. The molecule has 11 nitrogen and oxygen atoms in total. The molecule has 2 aromatic carbocycles. The molecular formula is C20H20NNa2O10P. The van der Waals surface area contributed by atoms with Gasteiger partial charge in [-0.25, -0.2) is 0 Å². The average molecular weight is 511 g/mol. The first-order valence-electron chi connectivity index (χ1n) is 8.99. The van der Waals surface area contributed by atoms with Crippen LogP contribution in [-0.2, 0) is 4.57 Å². The Bertz CT molecular complexity index is 1140. The van der Waals surface area contributed by atoms with Crippen LogP contribution in [0.2, 0.25) is 0 Å². The summed E-state index contributed by atoms with van der Waals surface area (Å²) in [4.78, 5) is 22.5. The second kappa shape index (κ2) is 13.1. The number of methoxy groups -OCH3 is 5. The summed E-state index contributed by atoms with van der Waals surface area (Å²) in [6, 6.07) is 6.20. The van der Waals surface area contributed by atoms with Crippen LogP contribution < -0.4 is 97.1 Å². The number of aromatic nitrogens is 1. The van der Waals surface area contributed by atoms with Crippen molar-refractivity contribution in [2.24, 2.45) is 0 Å². The van der Waals surface area contributed by atoms with E-state index in [0.717, 1.165) is 0 Å². The minimum absolute atomic E-state index is 0. The van der Waals surface area contributed by atoms with Gasteiger partial charge in [0.2, 0.25) is 11.5 Å². The third-order valence-corrected chi connectivity index (χ3v) is 4.89. The van der Waals surface area contributed by atoms with Gasteiger partial charge >= 0.3 is 59.1 Å². The molecule has 3 rings (SSSR count). The maximum Gasteiger partial charge on any atom is 1.00 e. The van der Waals surface area contributed by atoms with E-state index in [9.17, 15) is 14.4 Å². The van der Waals surface area contributed by atoms with E-state index >= 15 is 0 Å². The molecule has 0 amide bonds. The largest absolute Gasteiger partial charge is 1.00 e. The van der Waals surface area contributed by atoms with Crippen molar-refractivity contribution in [3.05, 3.63) is 30.5 Å². The van der Waals surface area contributed by atoms with Crippen LogP contribution >= 0.6 is 7.82 Å². The Hall–Kier alpha value is -1.40. The summed E-state index contributed by atoms with van der Waals surface area (Å²) in [7, 11) is 1.70. The fourth-order valence-corrected chi connectivity index (χ4v) is 3.52. The van der Waals surface area contributed by atoms with Crippen LogP contribution in [-0.4, -0.2) is 40.7 Å². The first-order valence-corrected chi connectivity index (χ1v) is 10.4. The second-order valence-electron chi connectivity index (χ2n) is 6.24. The van der Waals surface area contributed by atoms with Crippen LogP contribution in [0, 0.1) is 0 Å². The maximum atomic E-state index is 11.2. The number of ether oxygens (including phenoxy) is 5. The van der Waals surface area contributed by atoms with Crippen molar-refractivity contribution in [1.82, 2.24) is 5.16 Å². The van der Waals surface area contributed by atoms with Gasteiger partial charge in [-0.05, 0) is 29.8 Å². The van der Waals surface area contributed by atoms with Gasteiger partial charge in [0.1, 0.15) is 19.8 Å². The van der Waals surface area contributed by atoms with Crippen molar-refractivity contribution in [1.29, 1.82) is 0 Å². The van der Waals surface area contributed by atoms with Crippen molar-refractivity contribution in [3.8, 4) is 56.9 Å². The Balaban J connectivity index is 0.00000289. The van der Waals surface area contributed by atoms with Gasteiger partial charge in [0.25, 0.3) is 0 Å². The van der Waals surface area contributed by atoms with Gasteiger partial charge < -0.3 is 47.1 Å². The number of hydrogen-bond donors (Lipinski definition) is 0. The number of nitrogens with zero attached hydrogens (tertiary/aromatic N) is 1. The van der Waals surface area contributed by atoms with E-state index in [-0.39, 0.29) is 76.4 Å². The SMILES string of the molecule is COc1cc(-c2nocc2-c2cc(OC)c(OC)c(OP(=O)([O-])[O-])c2)cc(OC)c1OC.[Na+].[Na+]. The second-order valence-corrected chi connectivity index (χ2v) is 7.32. The van der Waals surface area contributed by atoms with Crippen molar-refractivity contribution >= 4 is 7.82 Å². The zero-order valence-electron chi connectivity index (χ0n) is 19.9. The molecular weight excluding hydrogens is 491 g/mol. The third-order valence-electron chi connectivity index (χ3n) is 4.47. The van der Waals surface area contributed by atoms with Crippen molar-refractivity contribution in [2.45, 2.75) is 0 Å². The smallest absolute Gasteiger partial charge is 0.780 e. The molecule has 0 bridgehead atoms. The van der Waals surface area contributed by atoms with E-state index in [1.807, 2.05) is 0 Å². The summed E-state index contributed by atoms with van der Waals surface area (Å²) < 4.78 is 47.5. The number of hydrogen-bond acceptors (Lipinski definition) is 11. The molecule has 1 heterocycles. The van der Waals surface area contributed by atoms with Crippen LogP contribution in [0.5, 0.6) is 34.5 Å². The van der Waals surface area contributed by atoms with Crippen molar-refractivity contribution in [3.63, 3.8) is 0 Å². The molecule has 0 fully saturated rings. The fraction of sp³-hybridized carbons (Fsp3) is 0.250. The summed E-state index contributed by atoms with van der Waals surface area (Å²) in [5, 5.41) is 4.05. The van der Waals surface area contributed by atoms with Gasteiger partial charge in [-0.2, -0.15) is 0 Å². The van der Waals surface area contributed by atoms with Gasteiger partial charge in [0.05, 0.1) is 35.5 Å². The predicted octanol–water partition coefficient (Wildman–Crippen LogP) is -3.73. The van der Waals surface area contributed by atoms with Gasteiger partial charge in [-0.15, -0.1) is 0 Å². The summed E-state index contributed by atoms with van der Waals surface area (Å²) in [5.74, 6) is 0.912. The zero-order valence-corrected chi connectivity index (χ0v) is 24.8. The summed E-state index contributed by atoms with van der Waals surface area (Å²) in [5.41, 5.74) is 1.75. The van der Waals surface area contributed by atoms with Gasteiger partial charge in [0.15, 0.2) is 23.0 Å². The van der Waals surface area contributed by atoms with Gasteiger partial charge in [-0.3, -0.25) is 0 Å². The van der Waals surface area contributed by atoms with E-state index in [0.29, 0.717) is 39.6 Å². The quantitative estimate of drug-likeness (QED) is 0.207. The monoisotopic (exact) mass is 511 g/mol. The average Bonchev–Trinajstić information content (AvgIpc) is 3.26. The maximum absolute atomic E-state index is 11.2. The van der Waals surface area contributed by atoms with Crippen molar-refractivity contribution in [2.75, 3.05) is 35.5 Å². The van der Waals surface area contributed by atoms with Crippen LogP contribution in [0.4, 0.5) is 0 Å². The molecule has 0 atom stereocenters. The molecule has 0 saturated carbocycles. The molecule has 0 aliphatic carbocycles. The molecule has 34 heavy (non-hydrogen) atoms. The Morgan fingerprint density at radius 2 is 1.18 bits per heavy atom. The fourth-order valence-electron chi connectivity index (χ4n) is 3.14. The number of phosphoric ester groups is 1. The first kappa shape index (κ1) is 30.6. The third kappa shape index (κ3) is 6.63. The van der Waals surface area contributed by atoms with E-state index in [1.54, 1.807) is 18.2 Å². The van der Waals surface area contributed by atoms with Crippen LogP contribution in [0.15, 0.2) is 35.1 Å². The van der Waals surface area contributed by atoms with Crippen LogP contribution in [0.1, 0.15) is 0 Å². The molecule has 0 spiro atoms. The van der Waals surface area contributed by atoms with Crippen LogP contribution in [0.25, 0.3) is 22.4 Å². The standard InChI is InChI=1S/C20H22NO10P.2Na/c1-25-14-6-11(7-17(20(14)29-5)31-32(22,23)24)13-10-30-21-18(13)12-8-15(26-2)19(28-4)16(9-12)27-3;;/h6-10H,1-5H3,(H2,22,23,24);;/q;2*+1/p-2. The van der Waals surface area contributed by atoms with E-state index in [2.05, 4.69) is 9.68 Å². The van der Waals surface area contributed by atoms with Gasteiger partial charge in [-0.1, -0.05) is 5.16 Å². The Labute approximate surface area is 240 Å². The molecule has 172 valence electrons. The molecule has 1 aromatic heterocycles. The number of rotatable bonds is 9. The Morgan fingerprint density at radius 3 is 1.62 bits per heavy atom. The summed E-state index contributed by atoms with van der Waals surface area (Å²) in [6.07, 6.45) is 1.34.